The summed E-state index contributed by atoms with van der Waals surface area (Å²) < 4.78 is 0. The van der Waals surface area contributed by atoms with Gasteiger partial charge in [-0.3, -0.25) is 4.79 Å². The molecule has 4 heteroatoms. The second-order valence-electron chi connectivity index (χ2n) is 4.16. The van der Waals surface area contributed by atoms with Crippen LogP contribution in [0, 0.1) is 5.92 Å². The Bertz CT molecular complexity index is 191. The van der Waals surface area contributed by atoms with Crippen molar-refractivity contribution in [3.8, 4) is 0 Å². The zero-order valence-electron chi connectivity index (χ0n) is 8.70. The maximum Gasteiger partial charge on any atom is 0.223 e. The van der Waals surface area contributed by atoms with Crippen LogP contribution in [0.2, 0.25) is 0 Å². The van der Waals surface area contributed by atoms with E-state index in [0.717, 1.165) is 12.8 Å². The Hall–Kier alpha value is -0.610. The molecule has 0 bridgehead atoms. The molecule has 1 fully saturated rings. The van der Waals surface area contributed by atoms with E-state index in [2.05, 4.69) is 5.32 Å². The van der Waals surface area contributed by atoms with Crippen molar-refractivity contribution in [2.45, 2.75) is 44.8 Å². The normalized spacial score (nSPS) is 27.9. The van der Waals surface area contributed by atoms with E-state index in [1.165, 1.54) is 0 Å². The van der Waals surface area contributed by atoms with E-state index in [1.54, 1.807) is 0 Å². The minimum absolute atomic E-state index is 0.0382. The topological polar surface area (TPSA) is 75.4 Å². The summed E-state index contributed by atoms with van der Waals surface area (Å²) in [5.74, 6) is 0.131. The molecular formula is C10H20N2O2. The molecule has 1 rings (SSSR count). The number of rotatable bonds is 5. The fourth-order valence-corrected chi connectivity index (χ4v) is 1.60. The number of aliphatic hydroxyl groups excluding tert-OH is 1. The summed E-state index contributed by atoms with van der Waals surface area (Å²) in [5.41, 5.74) is 5.37. The van der Waals surface area contributed by atoms with Crippen molar-refractivity contribution in [3.63, 3.8) is 0 Å². The minimum atomic E-state index is -0.209. The van der Waals surface area contributed by atoms with E-state index in [0.29, 0.717) is 19.4 Å². The van der Waals surface area contributed by atoms with Crippen molar-refractivity contribution in [2.75, 3.05) is 6.54 Å². The third kappa shape index (κ3) is 3.27. The predicted octanol–water partition coefficient (Wildman–Crippen LogP) is 0.000900. The summed E-state index contributed by atoms with van der Waals surface area (Å²) in [5, 5.41) is 12.0. The SMILES string of the molecule is CC(CCCN)C(=O)NC1CC(O)C1. The highest BCUT2D eigenvalue weighted by Gasteiger charge is 2.29. The van der Waals surface area contributed by atoms with Gasteiger partial charge in [0.2, 0.25) is 5.91 Å². The summed E-state index contributed by atoms with van der Waals surface area (Å²) in [6.45, 7) is 2.56. The molecule has 1 aliphatic carbocycles. The molecule has 1 aliphatic rings. The van der Waals surface area contributed by atoms with E-state index >= 15 is 0 Å². The van der Waals surface area contributed by atoms with Crippen LogP contribution in [0.4, 0.5) is 0 Å². The quantitative estimate of drug-likeness (QED) is 0.585. The van der Waals surface area contributed by atoms with Crippen LogP contribution in [0.1, 0.15) is 32.6 Å². The lowest BCUT2D eigenvalue weighted by Crippen LogP contribution is -2.48. The van der Waals surface area contributed by atoms with Gasteiger partial charge in [0.25, 0.3) is 0 Å². The average molecular weight is 200 g/mol. The van der Waals surface area contributed by atoms with Gasteiger partial charge in [-0.1, -0.05) is 6.92 Å². The lowest BCUT2D eigenvalue weighted by Gasteiger charge is -2.32. The second kappa shape index (κ2) is 5.32. The van der Waals surface area contributed by atoms with Crippen LogP contribution in [-0.2, 0) is 4.79 Å². The molecule has 4 nitrogen and oxygen atoms in total. The highest BCUT2D eigenvalue weighted by molar-refractivity contribution is 5.78. The first-order chi connectivity index (χ1) is 6.63. The van der Waals surface area contributed by atoms with Gasteiger partial charge in [0.05, 0.1) is 6.10 Å². The van der Waals surface area contributed by atoms with Crippen LogP contribution in [0.5, 0.6) is 0 Å². The van der Waals surface area contributed by atoms with Crippen molar-refractivity contribution in [3.05, 3.63) is 0 Å². The average Bonchev–Trinajstić information content (AvgIpc) is 2.11. The van der Waals surface area contributed by atoms with Crippen molar-refractivity contribution in [2.24, 2.45) is 11.7 Å². The summed E-state index contributed by atoms with van der Waals surface area (Å²) in [7, 11) is 0. The highest BCUT2D eigenvalue weighted by atomic mass is 16.3. The van der Waals surface area contributed by atoms with Gasteiger partial charge in [0.1, 0.15) is 0 Å². The number of hydrogen-bond acceptors (Lipinski definition) is 3. The zero-order chi connectivity index (χ0) is 10.6. The lowest BCUT2D eigenvalue weighted by atomic mass is 9.89. The molecule has 1 saturated carbocycles. The van der Waals surface area contributed by atoms with E-state index < -0.39 is 0 Å². The molecular weight excluding hydrogens is 180 g/mol. The second-order valence-corrected chi connectivity index (χ2v) is 4.16. The van der Waals surface area contributed by atoms with Gasteiger partial charge in [-0.2, -0.15) is 0 Å². The Morgan fingerprint density at radius 2 is 2.29 bits per heavy atom. The number of nitrogens with two attached hydrogens (primary N) is 1. The van der Waals surface area contributed by atoms with Crippen LogP contribution >= 0.6 is 0 Å². The van der Waals surface area contributed by atoms with E-state index in [1.807, 2.05) is 6.92 Å². The van der Waals surface area contributed by atoms with Crippen LogP contribution in [-0.4, -0.2) is 29.7 Å². The molecule has 0 heterocycles. The first-order valence-electron chi connectivity index (χ1n) is 5.32. The molecule has 0 radical (unpaired) electrons. The largest absolute Gasteiger partial charge is 0.393 e. The molecule has 0 spiro atoms. The van der Waals surface area contributed by atoms with E-state index in [-0.39, 0.29) is 24.0 Å². The molecule has 0 aliphatic heterocycles. The molecule has 0 aromatic heterocycles. The molecule has 0 aromatic carbocycles. The fraction of sp³-hybridized carbons (Fsp3) is 0.900. The van der Waals surface area contributed by atoms with Gasteiger partial charge >= 0.3 is 0 Å². The van der Waals surface area contributed by atoms with Crippen molar-refractivity contribution >= 4 is 5.91 Å². The zero-order valence-corrected chi connectivity index (χ0v) is 8.70. The third-order valence-electron chi connectivity index (χ3n) is 2.75. The Labute approximate surface area is 84.9 Å². The van der Waals surface area contributed by atoms with Crippen LogP contribution < -0.4 is 11.1 Å². The minimum Gasteiger partial charge on any atom is -0.393 e. The van der Waals surface area contributed by atoms with E-state index in [4.69, 9.17) is 10.8 Å². The number of nitrogens with one attached hydrogen (secondary N) is 1. The Morgan fingerprint density at radius 1 is 1.64 bits per heavy atom. The fourth-order valence-electron chi connectivity index (χ4n) is 1.60. The maximum absolute atomic E-state index is 11.5. The summed E-state index contributed by atoms with van der Waals surface area (Å²) in [6.07, 6.45) is 2.93. The molecule has 1 atom stereocenters. The molecule has 14 heavy (non-hydrogen) atoms. The van der Waals surface area contributed by atoms with Crippen molar-refractivity contribution in [1.29, 1.82) is 0 Å². The molecule has 0 saturated heterocycles. The van der Waals surface area contributed by atoms with Crippen LogP contribution in [0.15, 0.2) is 0 Å². The first-order valence-corrected chi connectivity index (χ1v) is 5.32. The van der Waals surface area contributed by atoms with Gasteiger partial charge in [-0.25, -0.2) is 0 Å². The highest BCUT2D eigenvalue weighted by Crippen LogP contribution is 2.20. The number of carbonyl (C=O) groups is 1. The van der Waals surface area contributed by atoms with Gasteiger partial charge in [-0.15, -0.1) is 0 Å². The standard InChI is InChI=1S/C10H20N2O2/c1-7(3-2-4-11)10(14)12-8-5-9(13)6-8/h7-9,13H,2-6,11H2,1H3,(H,12,14). The predicted molar refractivity (Wildman–Crippen MR) is 54.6 cm³/mol. The van der Waals surface area contributed by atoms with Gasteiger partial charge < -0.3 is 16.2 Å². The van der Waals surface area contributed by atoms with Gasteiger partial charge in [0, 0.05) is 12.0 Å². The first kappa shape index (κ1) is 11.5. The maximum atomic E-state index is 11.5. The molecule has 0 aromatic rings. The number of amides is 1. The summed E-state index contributed by atoms with van der Waals surface area (Å²) in [4.78, 5) is 11.5. The van der Waals surface area contributed by atoms with Crippen LogP contribution in [0.25, 0.3) is 0 Å². The summed E-state index contributed by atoms with van der Waals surface area (Å²) in [6, 6.07) is 0.192. The Balaban J connectivity index is 2.14. The van der Waals surface area contributed by atoms with Gasteiger partial charge in [-0.05, 0) is 32.2 Å². The van der Waals surface area contributed by atoms with E-state index in [9.17, 15) is 4.79 Å². The molecule has 4 N–H and O–H groups in total. The van der Waals surface area contributed by atoms with Crippen molar-refractivity contribution < 1.29 is 9.90 Å². The number of hydrogen-bond donors (Lipinski definition) is 3. The number of aliphatic hydroxyl groups is 1. The molecule has 1 unspecified atom stereocenters. The Morgan fingerprint density at radius 3 is 2.79 bits per heavy atom. The molecule has 82 valence electrons. The number of carbonyl (C=O) groups excluding carboxylic acids is 1. The summed E-state index contributed by atoms with van der Waals surface area (Å²) >= 11 is 0. The smallest absolute Gasteiger partial charge is 0.223 e. The van der Waals surface area contributed by atoms with Gasteiger partial charge in [0.15, 0.2) is 0 Å². The van der Waals surface area contributed by atoms with Crippen LogP contribution in [0.3, 0.4) is 0 Å². The lowest BCUT2D eigenvalue weighted by molar-refractivity contribution is -0.126. The molecule has 1 amide bonds. The third-order valence-corrected chi connectivity index (χ3v) is 2.75. The van der Waals surface area contributed by atoms with Crippen molar-refractivity contribution in [1.82, 2.24) is 5.32 Å². The Kier molecular flexibility index (Phi) is 4.35. The monoisotopic (exact) mass is 200 g/mol.